The van der Waals surface area contributed by atoms with Crippen LogP contribution in [0.3, 0.4) is 0 Å². The standard InChI is InChI=1S/C20H25N3O2/c1-14-17(6-7-18(22-14)19-3-2-12-25-19)20(24)23-10-8-16(9-11-23)21-13-15-4-5-15/h2-3,6-7,12,15-16,21H,4-5,8-11,13H2,1H3. The molecule has 0 bridgehead atoms. The molecule has 0 spiro atoms. The van der Waals surface area contributed by atoms with Crippen molar-refractivity contribution < 1.29 is 9.21 Å². The Hall–Kier alpha value is -2.14. The normalized spacial score (nSPS) is 18.5. The first-order chi connectivity index (χ1) is 12.2. The van der Waals surface area contributed by atoms with E-state index in [2.05, 4.69) is 10.3 Å². The van der Waals surface area contributed by atoms with Crippen molar-refractivity contribution in [1.29, 1.82) is 0 Å². The summed E-state index contributed by atoms with van der Waals surface area (Å²) in [5.74, 6) is 1.72. The zero-order valence-electron chi connectivity index (χ0n) is 14.7. The number of likely N-dealkylation sites (tertiary alicyclic amines) is 1. The van der Waals surface area contributed by atoms with E-state index in [-0.39, 0.29) is 5.91 Å². The lowest BCUT2D eigenvalue weighted by Crippen LogP contribution is -2.45. The topological polar surface area (TPSA) is 58.4 Å². The van der Waals surface area contributed by atoms with Crippen LogP contribution in [0.4, 0.5) is 0 Å². The van der Waals surface area contributed by atoms with Crippen molar-refractivity contribution >= 4 is 5.91 Å². The number of pyridine rings is 1. The Bertz CT molecular complexity index is 729. The number of rotatable bonds is 5. The second kappa shape index (κ2) is 7.00. The van der Waals surface area contributed by atoms with Crippen molar-refractivity contribution in [2.75, 3.05) is 19.6 Å². The van der Waals surface area contributed by atoms with Crippen LogP contribution in [0, 0.1) is 12.8 Å². The molecule has 2 aromatic rings. The molecule has 1 saturated heterocycles. The largest absolute Gasteiger partial charge is 0.463 e. The monoisotopic (exact) mass is 339 g/mol. The lowest BCUT2D eigenvalue weighted by molar-refractivity contribution is 0.0703. The lowest BCUT2D eigenvalue weighted by Gasteiger charge is -2.32. The van der Waals surface area contributed by atoms with Gasteiger partial charge in [-0.3, -0.25) is 4.79 Å². The van der Waals surface area contributed by atoms with Crippen molar-refractivity contribution in [3.05, 3.63) is 41.8 Å². The summed E-state index contributed by atoms with van der Waals surface area (Å²) in [6.45, 7) is 4.68. The van der Waals surface area contributed by atoms with Gasteiger partial charge in [-0.1, -0.05) is 0 Å². The van der Waals surface area contributed by atoms with Crippen molar-refractivity contribution in [1.82, 2.24) is 15.2 Å². The summed E-state index contributed by atoms with van der Waals surface area (Å²) in [5, 5.41) is 3.66. The second-order valence-electron chi connectivity index (χ2n) is 7.22. The number of carbonyl (C=O) groups is 1. The highest BCUT2D eigenvalue weighted by Gasteiger charge is 2.27. The summed E-state index contributed by atoms with van der Waals surface area (Å²) < 4.78 is 5.38. The average molecular weight is 339 g/mol. The lowest BCUT2D eigenvalue weighted by atomic mass is 10.0. The fourth-order valence-electron chi connectivity index (χ4n) is 3.46. The molecule has 0 atom stereocenters. The van der Waals surface area contributed by atoms with Crippen LogP contribution < -0.4 is 5.32 Å². The van der Waals surface area contributed by atoms with E-state index in [0.29, 0.717) is 11.6 Å². The average Bonchev–Trinajstić information content (AvgIpc) is 3.30. The summed E-state index contributed by atoms with van der Waals surface area (Å²) in [7, 11) is 0. The maximum Gasteiger partial charge on any atom is 0.255 e. The van der Waals surface area contributed by atoms with E-state index in [9.17, 15) is 4.79 Å². The van der Waals surface area contributed by atoms with E-state index >= 15 is 0 Å². The molecule has 2 fully saturated rings. The third-order valence-electron chi connectivity index (χ3n) is 5.26. The quantitative estimate of drug-likeness (QED) is 0.908. The van der Waals surface area contributed by atoms with Crippen LogP contribution in [0.15, 0.2) is 34.9 Å². The first kappa shape index (κ1) is 16.3. The third-order valence-corrected chi connectivity index (χ3v) is 5.26. The highest BCUT2D eigenvalue weighted by Crippen LogP contribution is 2.28. The molecular weight excluding hydrogens is 314 g/mol. The molecule has 1 aliphatic carbocycles. The number of amides is 1. The molecule has 25 heavy (non-hydrogen) atoms. The van der Waals surface area contributed by atoms with Crippen LogP contribution in [0.5, 0.6) is 0 Å². The highest BCUT2D eigenvalue weighted by atomic mass is 16.3. The van der Waals surface area contributed by atoms with E-state index < -0.39 is 0 Å². The number of nitrogens with zero attached hydrogens (tertiary/aromatic N) is 2. The Kier molecular flexibility index (Phi) is 4.57. The number of nitrogens with one attached hydrogen (secondary N) is 1. The minimum Gasteiger partial charge on any atom is -0.463 e. The molecule has 0 unspecified atom stereocenters. The minimum atomic E-state index is 0.0941. The number of piperidine rings is 1. The van der Waals surface area contributed by atoms with Gasteiger partial charge in [0.1, 0.15) is 5.69 Å². The van der Waals surface area contributed by atoms with Crippen LogP contribution >= 0.6 is 0 Å². The molecule has 3 heterocycles. The SMILES string of the molecule is Cc1nc(-c2ccco2)ccc1C(=O)N1CCC(NCC2CC2)CC1. The van der Waals surface area contributed by atoms with Gasteiger partial charge in [0.25, 0.3) is 5.91 Å². The fourth-order valence-corrected chi connectivity index (χ4v) is 3.46. The molecule has 1 aliphatic heterocycles. The molecule has 2 aromatic heterocycles. The van der Waals surface area contributed by atoms with Crippen molar-refractivity contribution in [2.24, 2.45) is 5.92 Å². The third kappa shape index (κ3) is 3.76. The zero-order chi connectivity index (χ0) is 17.2. The molecule has 2 aliphatic rings. The van der Waals surface area contributed by atoms with Gasteiger partial charge in [0.2, 0.25) is 0 Å². The predicted octanol–water partition coefficient (Wildman–Crippen LogP) is 3.25. The van der Waals surface area contributed by atoms with E-state index in [0.717, 1.165) is 55.5 Å². The van der Waals surface area contributed by atoms with E-state index in [4.69, 9.17) is 4.42 Å². The van der Waals surface area contributed by atoms with Gasteiger partial charge >= 0.3 is 0 Å². The van der Waals surface area contributed by atoms with Gasteiger partial charge in [-0.25, -0.2) is 4.98 Å². The molecule has 0 radical (unpaired) electrons. The Morgan fingerprint density at radius 1 is 1.24 bits per heavy atom. The Morgan fingerprint density at radius 3 is 2.68 bits per heavy atom. The Morgan fingerprint density at radius 2 is 2.04 bits per heavy atom. The van der Waals surface area contributed by atoms with Gasteiger partial charge in [-0.2, -0.15) is 0 Å². The van der Waals surface area contributed by atoms with Gasteiger partial charge in [0.05, 0.1) is 17.5 Å². The van der Waals surface area contributed by atoms with Crippen LogP contribution in [-0.2, 0) is 0 Å². The molecular formula is C20H25N3O2. The first-order valence-corrected chi connectivity index (χ1v) is 9.25. The van der Waals surface area contributed by atoms with Gasteiger partial charge in [-0.05, 0) is 69.3 Å². The van der Waals surface area contributed by atoms with Gasteiger partial charge in [0.15, 0.2) is 5.76 Å². The summed E-state index contributed by atoms with van der Waals surface area (Å²) in [4.78, 5) is 19.4. The van der Waals surface area contributed by atoms with Gasteiger partial charge < -0.3 is 14.6 Å². The Labute approximate surface area is 148 Å². The maximum absolute atomic E-state index is 12.8. The summed E-state index contributed by atoms with van der Waals surface area (Å²) in [6.07, 6.45) is 6.47. The number of hydrogen-bond acceptors (Lipinski definition) is 4. The Balaban J connectivity index is 1.37. The van der Waals surface area contributed by atoms with E-state index in [1.54, 1.807) is 6.26 Å². The second-order valence-corrected chi connectivity index (χ2v) is 7.22. The van der Waals surface area contributed by atoms with Crippen LogP contribution in [0.25, 0.3) is 11.5 Å². The summed E-state index contributed by atoms with van der Waals surface area (Å²) >= 11 is 0. The van der Waals surface area contributed by atoms with Crippen LogP contribution in [-0.4, -0.2) is 41.5 Å². The number of aromatic nitrogens is 1. The highest BCUT2D eigenvalue weighted by molar-refractivity contribution is 5.95. The number of carbonyl (C=O) groups excluding carboxylic acids is 1. The van der Waals surface area contributed by atoms with Crippen molar-refractivity contribution in [3.63, 3.8) is 0 Å². The number of furan rings is 1. The van der Waals surface area contributed by atoms with Crippen LogP contribution in [0.2, 0.25) is 0 Å². The van der Waals surface area contributed by atoms with Crippen molar-refractivity contribution in [3.8, 4) is 11.5 Å². The predicted molar refractivity (Wildman–Crippen MR) is 96.3 cm³/mol. The molecule has 5 heteroatoms. The van der Waals surface area contributed by atoms with E-state index in [1.807, 2.05) is 36.1 Å². The molecule has 1 amide bonds. The smallest absolute Gasteiger partial charge is 0.255 e. The maximum atomic E-state index is 12.8. The molecule has 1 saturated carbocycles. The fraction of sp³-hybridized carbons (Fsp3) is 0.500. The zero-order valence-corrected chi connectivity index (χ0v) is 14.7. The molecule has 5 nitrogen and oxygen atoms in total. The molecule has 4 rings (SSSR count). The minimum absolute atomic E-state index is 0.0941. The van der Waals surface area contributed by atoms with E-state index in [1.165, 1.54) is 12.8 Å². The number of aryl methyl sites for hydroxylation is 1. The molecule has 0 aromatic carbocycles. The van der Waals surface area contributed by atoms with Crippen molar-refractivity contribution in [2.45, 2.75) is 38.6 Å². The molecule has 132 valence electrons. The van der Waals surface area contributed by atoms with Gasteiger partial charge in [0, 0.05) is 19.1 Å². The van der Waals surface area contributed by atoms with Gasteiger partial charge in [-0.15, -0.1) is 0 Å². The number of hydrogen-bond donors (Lipinski definition) is 1. The molecule has 1 N–H and O–H groups in total. The summed E-state index contributed by atoms with van der Waals surface area (Å²) in [5.41, 5.74) is 2.22. The first-order valence-electron chi connectivity index (χ1n) is 9.25. The summed E-state index contributed by atoms with van der Waals surface area (Å²) in [6, 6.07) is 8.02. The van der Waals surface area contributed by atoms with Crippen LogP contribution in [0.1, 0.15) is 41.7 Å².